The summed E-state index contributed by atoms with van der Waals surface area (Å²) in [5.74, 6) is -0.825. The van der Waals surface area contributed by atoms with Crippen molar-refractivity contribution in [2.24, 2.45) is 22.7 Å². The van der Waals surface area contributed by atoms with Gasteiger partial charge < -0.3 is 14.9 Å². The van der Waals surface area contributed by atoms with Crippen molar-refractivity contribution in [3.63, 3.8) is 0 Å². The molecule has 1 fully saturated rings. The number of hydrogen-bond acceptors (Lipinski definition) is 4. The lowest BCUT2D eigenvalue weighted by atomic mass is 9.45. The molecule has 5 nitrogen and oxygen atoms in total. The molecule has 2 N–H and O–H groups in total. The van der Waals surface area contributed by atoms with Crippen molar-refractivity contribution < 1.29 is 24.5 Å². The first-order valence-corrected chi connectivity index (χ1v) is 9.19. The molecule has 0 bridgehead atoms. The minimum Gasteiger partial charge on any atom is -0.478 e. The summed E-state index contributed by atoms with van der Waals surface area (Å²) in [5, 5.41) is 20.5. The van der Waals surface area contributed by atoms with Gasteiger partial charge in [-0.25, -0.2) is 9.59 Å². The van der Waals surface area contributed by atoms with Crippen LogP contribution in [0.25, 0.3) is 0 Å². The van der Waals surface area contributed by atoms with Gasteiger partial charge in [0.1, 0.15) is 6.61 Å². The summed E-state index contributed by atoms with van der Waals surface area (Å²) in [6.07, 6.45) is 6.60. The van der Waals surface area contributed by atoms with Crippen LogP contribution in [0, 0.1) is 22.7 Å². The van der Waals surface area contributed by atoms with Crippen molar-refractivity contribution >= 4 is 11.9 Å². The normalized spacial score (nSPS) is 40.8. The summed E-state index contributed by atoms with van der Waals surface area (Å²) >= 11 is 0. The quantitative estimate of drug-likeness (QED) is 0.763. The van der Waals surface area contributed by atoms with Crippen LogP contribution in [0.1, 0.15) is 52.9 Å². The van der Waals surface area contributed by atoms with E-state index in [4.69, 9.17) is 4.74 Å². The number of carboxylic acids is 1. The summed E-state index contributed by atoms with van der Waals surface area (Å²) in [4.78, 5) is 23.6. The number of aliphatic carboxylic acids is 1. The number of esters is 1. The number of aliphatic hydroxyl groups is 1. The van der Waals surface area contributed by atoms with E-state index in [-0.39, 0.29) is 23.2 Å². The van der Waals surface area contributed by atoms with E-state index in [1.807, 2.05) is 13.0 Å². The number of ether oxygens (including phenoxy) is 1. The minimum atomic E-state index is -0.926. The Morgan fingerprint density at radius 2 is 2.08 bits per heavy atom. The van der Waals surface area contributed by atoms with Crippen LogP contribution in [0.3, 0.4) is 0 Å². The molecule has 5 atom stereocenters. The Balaban J connectivity index is 1.92. The standard InChI is InChI=1S/C20H28O5/c1-12-11-16(21)20(3)14(17(22)23)5-4-6-15(20)19(12,2)9-7-13-8-10-25-18(13)24/h5,8,12,15-16,21H,4,6-7,9-11H2,1-3H3,(H,22,23)/t12-,15+,16+,19+,20+/m1/s1. The number of allylic oxidation sites excluding steroid dienone is 1. The molecule has 3 rings (SSSR count). The van der Waals surface area contributed by atoms with Gasteiger partial charge in [-0.3, -0.25) is 0 Å². The fraction of sp³-hybridized carbons (Fsp3) is 0.700. The molecule has 25 heavy (non-hydrogen) atoms. The Bertz CT molecular complexity index is 648. The number of cyclic esters (lactones) is 1. The Morgan fingerprint density at radius 1 is 1.36 bits per heavy atom. The topological polar surface area (TPSA) is 83.8 Å². The molecule has 2 aliphatic carbocycles. The number of hydrogen-bond donors (Lipinski definition) is 2. The highest BCUT2D eigenvalue weighted by Crippen LogP contribution is 2.62. The van der Waals surface area contributed by atoms with E-state index < -0.39 is 17.5 Å². The van der Waals surface area contributed by atoms with Gasteiger partial charge in [-0.1, -0.05) is 26.8 Å². The average molecular weight is 348 g/mol. The predicted molar refractivity (Wildman–Crippen MR) is 92.7 cm³/mol. The molecule has 1 heterocycles. The molecule has 0 amide bonds. The van der Waals surface area contributed by atoms with Crippen molar-refractivity contribution in [2.45, 2.75) is 59.0 Å². The number of rotatable bonds is 4. The second kappa shape index (κ2) is 6.27. The molecule has 3 aliphatic rings. The Kier molecular flexibility index (Phi) is 4.56. The number of carbonyl (C=O) groups is 2. The molecule has 5 heteroatoms. The maximum absolute atomic E-state index is 11.8. The third kappa shape index (κ3) is 2.73. The number of fused-ring (bicyclic) bond motifs is 1. The molecule has 0 aromatic carbocycles. The summed E-state index contributed by atoms with van der Waals surface area (Å²) in [6, 6.07) is 0. The van der Waals surface area contributed by atoms with E-state index >= 15 is 0 Å². The molecule has 0 aromatic rings. The van der Waals surface area contributed by atoms with Gasteiger partial charge in [-0.2, -0.15) is 0 Å². The summed E-state index contributed by atoms with van der Waals surface area (Å²) in [5.41, 5.74) is 0.211. The predicted octanol–water partition coefficient (Wildman–Crippen LogP) is 3.08. The van der Waals surface area contributed by atoms with Gasteiger partial charge in [-0.15, -0.1) is 0 Å². The molecule has 1 saturated carbocycles. The van der Waals surface area contributed by atoms with Crippen molar-refractivity contribution in [1.29, 1.82) is 0 Å². The van der Waals surface area contributed by atoms with Gasteiger partial charge >= 0.3 is 11.9 Å². The van der Waals surface area contributed by atoms with Crippen LogP contribution in [0.5, 0.6) is 0 Å². The molecule has 0 unspecified atom stereocenters. The van der Waals surface area contributed by atoms with Gasteiger partial charge in [0, 0.05) is 16.6 Å². The van der Waals surface area contributed by atoms with Crippen LogP contribution >= 0.6 is 0 Å². The largest absolute Gasteiger partial charge is 0.478 e. The number of aliphatic hydroxyl groups excluding tert-OH is 1. The highest BCUT2D eigenvalue weighted by molar-refractivity contribution is 5.90. The van der Waals surface area contributed by atoms with Gasteiger partial charge in [0.05, 0.1) is 6.10 Å². The summed E-state index contributed by atoms with van der Waals surface area (Å²) < 4.78 is 5.00. The van der Waals surface area contributed by atoms with E-state index in [0.29, 0.717) is 25.0 Å². The lowest BCUT2D eigenvalue weighted by molar-refractivity contribution is -0.148. The first-order valence-electron chi connectivity index (χ1n) is 9.19. The van der Waals surface area contributed by atoms with E-state index in [2.05, 4.69) is 13.8 Å². The Hall–Kier alpha value is -1.62. The Morgan fingerprint density at radius 3 is 2.68 bits per heavy atom. The molecular formula is C20H28O5. The maximum Gasteiger partial charge on any atom is 0.334 e. The average Bonchev–Trinajstić information content (AvgIpc) is 2.96. The minimum absolute atomic E-state index is 0.0767. The van der Waals surface area contributed by atoms with Crippen LogP contribution in [-0.4, -0.2) is 34.9 Å². The summed E-state index contributed by atoms with van der Waals surface area (Å²) in [6.45, 7) is 6.61. The number of carbonyl (C=O) groups excluding carboxylic acids is 1. The highest BCUT2D eigenvalue weighted by Gasteiger charge is 2.59. The van der Waals surface area contributed by atoms with Crippen LogP contribution < -0.4 is 0 Å². The molecule has 0 saturated heterocycles. The lowest BCUT2D eigenvalue weighted by Crippen LogP contribution is -2.57. The fourth-order valence-corrected chi connectivity index (χ4v) is 5.46. The van der Waals surface area contributed by atoms with E-state index in [9.17, 15) is 19.8 Å². The molecule has 0 radical (unpaired) electrons. The van der Waals surface area contributed by atoms with Crippen LogP contribution in [0.2, 0.25) is 0 Å². The maximum atomic E-state index is 11.8. The molecular weight excluding hydrogens is 320 g/mol. The second-order valence-corrected chi connectivity index (χ2v) is 8.32. The van der Waals surface area contributed by atoms with Crippen molar-refractivity contribution in [2.75, 3.05) is 6.61 Å². The first-order chi connectivity index (χ1) is 11.7. The smallest absolute Gasteiger partial charge is 0.334 e. The zero-order valence-electron chi connectivity index (χ0n) is 15.2. The highest BCUT2D eigenvalue weighted by atomic mass is 16.5. The third-order valence-corrected chi connectivity index (χ3v) is 7.27. The van der Waals surface area contributed by atoms with Gasteiger partial charge in [-0.05, 0) is 55.4 Å². The zero-order chi connectivity index (χ0) is 18.4. The second-order valence-electron chi connectivity index (χ2n) is 8.32. The lowest BCUT2D eigenvalue weighted by Gasteiger charge is -2.59. The fourth-order valence-electron chi connectivity index (χ4n) is 5.46. The van der Waals surface area contributed by atoms with Crippen molar-refractivity contribution in [1.82, 2.24) is 0 Å². The zero-order valence-corrected chi connectivity index (χ0v) is 15.2. The van der Waals surface area contributed by atoms with Crippen molar-refractivity contribution in [3.05, 3.63) is 23.3 Å². The molecule has 0 aromatic heterocycles. The number of carboxylic acid groups (broad SMARTS) is 1. The van der Waals surface area contributed by atoms with Crippen molar-refractivity contribution in [3.8, 4) is 0 Å². The van der Waals surface area contributed by atoms with E-state index in [0.717, 1.165) is 24.8 Å². The van der Waals surface area contributed by atoms with Crippen LogP contribution in [0.15, 0.2) is 23.3 Å². The van der Waals surface area contributed by atoms with Gasteiger partial charge in [0.2, 0.25) is 0 Å². The molecule has 138 valence electrons. The Labute approximate surface area is 148 Å². The monoisotopic (exact) mass is 348 g/mol. The van der Waals surface area contributed by atoms with Gasteiger partial charge in [0.25, 0.3) is 0 Å². The first kappa shape index (κ1) is 18.2. The van der Waals surface area contributed by atoms with Crippen LogP contribution in [0.4, 0.5) is 0 Å². The van der Waals surface area contributed by atoms with Gasteiger partial charge in [0.15, 0.2) is 0 Å². The third-order valence-electron chi connectivity index (χ3n) is 7.27. The van der Waals surface area contributed by atoms with E-state index in [1.165, 1.54) is 0 Å². The molecule has 1 aliphatic heterocycles. The molecule has 0 spiro atoms. The van der Waals surface area contributed by atoms with Crippen LogP contribution in [-0.2, 0) is 14.3 Å². The van der Waals surface area contributed by atoms with E-state index in [1.54, 1.807) is 6.08 Å². The SMILES string of the molecule is C[C@@H]1C[C@H](O)[C@@]2(C)C(C(=O)O)=CCC[C@H]2[C@@]1(C)CCC1=CCOC1=O. The summed E-state index contributed by atoms with van der Waals surface area (Å²) in [7, 11) is 0.